The van der Waals surface area contributed by atoms with E-state index in [1.165, 1.54) is 4.90 Å². The lowest BCUT2D eigenvalue weighted by molar-refractivity contribution is 0.0983. The first-order valence-corrected chi connectivity index (χ1v) is 6.12. The topological polar surface area (TPSA) is 95.9 Å². The summed E-state index contributed by atoms with van der Waals surface area (Å²) in [6.07, 6.45) is -1.45. The average molecular weight is 278 g/mol. The monoisotopic (exact) mass is 278 g/mol. The summed E-state index contributed by atoms with van der Waals surface area (Å²) in [7, 11) is 0. The van der Waals surface area contributed by atoms with Crippen molar-refractivity contribution in [2.24, 2.45) is 0 Å². The summed E-state index contributed by atoms with van der Waals surface area (Å²) in [6.45, 7) is 0.934. The van der Waals surface area contributed by atoms with E-state index in [1.807, 2.05) is 0 Å². The summed E-state index contributed by atoms with van der Waals surface area (Å²) in [5.74, 6) is -0.158. The summed E-state index contributed by atoms with van der Waals surface area (Å²) in [6, 6.07) is 6.57. The van der Waals surface area contributed by atoms with Gasteiger partial charge in [0, 0.05) is 24.2 Å². The number of anilines is 1. The van der Waals surface area contributed by atoms with E-state index in [4.69, 9.17) is 9.84 Å². The fraction of sp³-hybridized carbons (Fsp3) is 0.308. The minimum absolute atomic E-state index is 0.0777. The summed E-state index contributed by atoms with van der Waals surface area (Å²) in [5.41, 5.74) is 1.15. The van der Waals surface area contributed by atoms with E-state index in [0.717, 1.165) is 0 Å². The molecule has 1 fully saturated rings. The molecule has 1 aromatic rings. The second kappa shape index (κ2) is 6.05. The van der Waals surface area contributed by atoms with E-state index in [2.05, 4.69) is 5.32 Å². The van der Waals surface area contributed by atoms with Gasteiger partial charge in [0.15, 0.2) is 5.78 Å². The molecule has 0 atom stereocenters. The molecule has 7 nitrogen and oxygen atoms in total. The standard InChI is InChI=1S/C13H14N2O5/c16-11(5-6-14-12(17)18)9-1-3-10(4-2-9)15-7-8-20-13(15)19/h1-4,14H,5-8H2,(H,17,18). The molecule has 0 aliphatic carbocycles. The number of Topliss-reactive ketones (excluding diaryl/α,β-unsaturated/α-hetero) is 1. The molecule has 0 radical (unpaired) electrons. The zero-order valence-corrected chi connectivity index (χ0v) is 10.7. The van der Waals surface area contributed by atoms with Crippen molar-refractivity contribution in [2.75, 3.05) is 24.6 Å². The number of benzene rings is 1. The highest BCUT2D eigenvalue weighted by Crippen LogP contribution is 2.19. The van der Waals surface area contributed by atoms with Gasteiger partial charge < -0.3 is 15.2 Å². The first-order chi connectivity index (χ1) is 9.58. The number of amides is 2. The highest BCUT2D eigenvalue weighted by Gasteiger charge is 2.23. The van der Waals surface area contributed by atoms with Gasteiger partial charge in [-0.05, 0) is 24.3 Å². The van der Waals surface area contributed by atoms with Crippen molar-refractivity contribution < 1.29 is 24.2 Å². The van der Waals surface area contributed by atoms with Gasteiger partial charge in [-0.15, -0.1) is 0 Å². The third-order valence-electron chi connectivity index (χ3n) is 2.89. The number of hydrogen-bond donors (Lipinski definition) is 2. The lowest BCUT2D eigenvalue weighted by Crippen LogP contribution is -2.24. The van der Waals surface area contributed by atoms with Crippen molar-refractivity contribution >= 4 is 23.7 Å². The molecule has 1 heterocycles. The molecule has 106 valence electrons. The Morgan fingerprint density at radius 3 is 2.55 bits per heavy atom. The fourth-order valence-electron chi connectivity index (χ4n) is 1.88. The maximum Gasteiger partial charge on any atom is 0.414 e. The van der Waals surface area contributed by atoms with E-state index in [1.54, 1.807) is 24.3 Å². The van der Waals surface area contributed by atoms with Crippen LogP contribution in [-0.4, -0.2) is 42.8 Å². The van der Waals surface area contributed by atoms with Gasteiger partial charge >= 0.3 is 12.2 Å². The summed E-state index contributed by atoms with van der Waals surface area (Å²) < 4.78 is 4.83. The van der Waals surface area contributed by atoms with Crippen LogP contribution in [0.5, 0.6) is 0 Å². The maximum absolute atomic E-state index is 11.8. The van der Waals surface area contributed by atoms with Crippen LogP contribution in [-0.2, 0) is 4.74 Å². The predicted molar refractivity (Wildman–Crippen MR) is 70.1 cm³/mol. The first-order valence-electron chi connectivity index (χ1n) is 6.12. The van der Waals surface area contributed by atoms with Gasteiger partial charge in [-0.3, -0.25) is 9.69 Å². The van der Waals surface area contributed by atoms with Crippen molar-refractivity contribution in [3.05, 3.63) is 29.8 Å². The van der Waals surface area contributed by atoms with Crippen LogP contribution in [0.3, 0.4) is 0 Å². The minimum atomic E-state index is -1.15. The number of nitrogens with zero attached hydrogens (tertiary/aromatic N) is 1. The number of cyclic esters (lactones) is 1. The summed E-state index contributed by atoms with van der Waals surface area (Å²) in [5, 5.41) is 10.5. The van der Waals surface area contributed by atoms with Crippen LogP contribution in [0.1, 0.15) is 16.8 Å². The molecule has 2 amide bonds. The van der Waals surface area contributed by atoms with E-state index >= 15 is 0 Å². The Labute approximate surface area is 115 Å². The molecule has 0 unspecified atom stereocenters. The Hall–Kier alpha value is -2.57. The fourth-order valence-corrected chi connectivity index (χ4v) is 1.88. The van der Waals surface area contributed by atoms with E-state index in [-0.39, 0.29) is 18.7 Å². The molecule has 2 N–H and O–H groups in total. The molecule has 1 aliphatic heterocycles. The van der Waals surface area contributed by atoms with Crippen molar-refractivity contribution in [2.45, 2.75) is 6.42 Å². The highest BCUT2D eigenvalue weighted by atomic mass is 16.6. The van der Waals surface area contributed by atoms with Crippen LogP contribution in [0.4, 0.5) is 15.3 Å². The summed E-state index contributed by atoms with van der Waals surface area (Å²) in [4.78, 5) is 34.9. The zero-order chi connectivity index (χ0) is 14.5. The van der Waals surface area contributed by atoms with Crippen LogP contribution < -0.4 is 10.2 Å². The quantitative estimate of drug-likeness (QED) is 0.795. The smallest absolute Gasteiger partial charge is 0.414 e. The number of rotatable bonds is 5. The number of carbonyl (C=O) groups excluding carboxylic acids is 2. The predicted octanol–water partition coefficient (Wildman–Crippen LogP) is 1.48. The Kier molecular flexibility index (Phi) is 4.19. The minimum Gasteiger partial charge on any atom is -0.465 e. The first kappa shape index (κ1) is 13.9. The molecule has 0 bridgehead atoms. The number of hydrogen-bond acceptors (Lipinski definition) is 4. The Balaban J connectivity index is 1.95. The molecule has 0 aromatic heterocycles. The van der Waals surface area contributed by atoms with Gasteiger partial charge in [-0.1, -0.05) is 0 Å². The second-order valence-electron chi connectivity index (χ2n) is 4.22. The Morgan fingerprint density at radius 1 is 1.30 bits per heavy atom. The third-order valence-corrected chi connectivity index (χ3v) is 2.89. The highest BCUT2D eigenvalue weighted by molar-refractivity contribution is 5.97. The van der Waals surface area contributed by atoms with E-state index in [9.17, 15) is 14.4 Å². The van der Waals surface area contributed by atoms with Gasteiger partial charge in [0.05, 0.1) is 6.54 Å². The number of carboxylic acid groups (broad SMARTS) is 1. The van der Waals surface area contributed by atoms with Crippen molar-refractivity contribution in [3.63, 3.8) is 0 Å². The van der Waals surface area contributed by atoms with Gasteiger partial charge in [-0.25, -0.2) is 9.59 Å². The Morgan fingerprint density at radius 2 is 2.00 bits per heavy atom. The second-order valence-corrected chi connectivity index (χ2v) is 4.22. The molecule has 0 saturated carbocycles. The number of ketones is 1. The maximum atomic E-state index is 11.8. The Bertz CT molecular complexity index is 526. The van der Waals surface area contributed by atoms with Crippen LogP contribution in [0.25, 0.3) is 0 Å². The number of carbonyl (C=O) groups is 3. The lowest BCUT2D eigenvalue weighted by atomic mass is 10.1. The molecule has 1 saturated heterocycles. The van der Waals surface area contributed by atoms with Gasteiger partial charge in [0.25, 0.3) is 0 Å². The molecule has 2 rings (SSSR count). The normalized spacial score (nSPS) is 14.0. The molecule has 0 spiro atoms. The molecule has 1 aromatic carbocycles. The van der Waals surface area contributed by atoms with Crippen LogP contribution in [0.2, 0.25) is 0 Å². The largest absolute Gasteiger partial charge is 0.465 e. The molecule has 7 heteroatoms. The van der Waals surface area contributed by atoms with Crippen LogP contribution >= 0.6 is 0 Å². The van der Waals surface area contributed by atoms with Crippen molar-refractivity contribution in [3.8, 4) is 0 Å². The lowest BCUT2D eigenvalue weighted by Gasteiger charge is -2.12. The number of ether oxygens (including phenoxy) is 1. The zero-order valence-electron chi connectivity index (χ0n) is 10.7. The number of nitrogens with one attached hydrogen (secondary N) is 1. The van der Waals surface area contributed by atoms with Crippen LogP contribution in [0.15, 0.2) is 24.3 Å². The van der Waals surface area contributed by atoms with Gasteiger partial charge in [0.1, 0.15) is 6.61 Å². The van der Waals surface area contributed by atoms with Gasteiger partial charge in [0.2, 0.25) is 0 Å². The molecule has 1 aliphatic rings. The molecular formula is C13H14N2O5. The molecular weight excluding hydrogens is 264 g/mol. The summed E-state index contributed by atoms with van der Waals surface area (Å²) >= 11 is 0. The molecule has 20 heavy (non-hydrogen) atoms. The van der Waals surface area contributed by atoms with Gasteiger partial charge in [-0.2, -0.15) is 0 Å². The average Bonchev–Trinajstić information content (AvgIpc) is 2.84. The van der Waals surface area contributed by atoms with E-state index in [0.29, 0.717) is 24.4 Å². The third kappa shape index (κ3) is 3.25. The van der Waals surface area contributed by atoms with Crippen LogP contribution in [0, 0.1) is 0 Å². The van der Waals surface area contributed by atoms with E-state index < -0.39 is 12.2 Å². The SMILES string of the molecule is O=C(O)NCCC(=O)c1ccc(N2CCOC2=O)cc1. The van der Waals surface area contributed by atoms with Crippen molar-refractivity contribution in [1.29, 1.82) is 0 Å². The van der Waals surface area contributed by atoms with Crippen molar-refractivity contribution in [1.82, 2.24) is 5.32 Å².